The highest BCUT2D eigenvalue weighted by Crippen LogP contribution is 2.34. The minimum Gasteiger partial charge on any atom is -0.388 e. The lowest BCUT2D eigenvalue weighted by Gasteiger charge is -2.30. The molecule has 2 amide bonds. The van der Waals surface area contributed by atoms with Gasteiger partial charge in [0.2, 0.25) is 0 Å². The Kier molecular flexibility index (Phi) is 6.87. The third kappa shape index (κ3) is 6.16. The Hall–Kier alpha value is -3.65. The number of aliphatic hydroxyl groups is 1. The molecule has 1 unspecified atom stereocenters. The second-order valence-electron chi connectivity index (χ2n) is 7.05. The molecule has 0 aromatic heterocycles. The molecule has 0 aliphatic carbocycles. The number of halogens is 4. The number of anilines is 1. The molecule has 0 aliphatic heterocycles. The number of hydrogen-bond acceptors (Lipinski definition) is 5. The summed E-state index contributed by atoms with van der Waals surface area (Å²) in [5, 5.41) is 21.6. The van der Waals surface area contributed by atoms with Crippen LogP contribution in [0.4, 0.5) is 23.2 Å². The molecule has 31 heavy (non-hydrogen) atoms. The van der Waals surface area contributed by atoms with Crippen LogP contribution in [-0.4, -0.2) is 28.6 Å². The average Bonchev–Trinajstić information content (AvgIpc) is 2.68. The number of benzene rings is 2. The highest BCUT2D eigenvalue weighted by molar-refractivity contribution is 5.96. The first-order valence-electron chi connectivity index (χ1n) is 8.79. The molecule has 0 radical (unpaired) electrons. The Balaban J connectivity index is 2.19. The summed E-state index contributed by atoms with van der Waals surface area (Å²) in [4.78, 5) is 24.5. The summed E-state index contributed by atoms with van der Waals surface area (Å²) in [6, 6.07) is 7.11. The Labute approximate surface area is 174 Å². The lowest BCUT2D eigenvalue weighted by atomic mass is 9.97. The monoisotopic (exact) mass is 438 g/mol. The number of carbonyl (C=O) groups is 2. The number of nitriles is 1. The molecule has 2 rings (SSSR count). The number of alkyl halides is 3. The van der Waals surface area contributed by atoms with Gasteiger partial charge in [0.1, 0.15) is 11.9 Å². The molecule has 1 atom stereocenters. The van der Waals surface area contributed by atoms with E-state index in [0.29, 0.717) is 6.07 Å². The van der Waals surface area contributed by atoms with E-state index in [4.69, 9.17) is 5.26 Å². The maximum atomic E-state index is 13.2. The van der Waals surface area contributed by atoms with Crippen LogP contribution in [0.5, 0.6) is 0 Å². The lowest BCUT2D eigenvalue weighted by molar-refractivity contribution is -0.137. The average molecular weight is 438 g/mol. The van der Waals surface area contributed by atoms with E-state index >= 15 is 0 Å². The van der Waals surface area contributed by atoms with Crippen LogP contribution in [0.15, 0.2) is 42.5 Å². The molecule has 0 spiro atoms. The van der Waals surface area contributed by atoms with Crippen LogP contribution >= 0.6 is 0 Å². The number of nitrogens with zero attached hydrogens (tertiary/aromatic N) is 1. The first kappa shape index (κ1) is 23.6. The van der Waals surface area contributed by atoms with Crippen LogP contribution in [0.1, 0.15) is 35.3 Å². The summed E-state index contributed by atoms with van der Waals surface area (Å²) < 4.78 is 52.4. The van der Waals surface area contributed by atoms with E-state index in [9.17, 15) is 32.3 Å². The fraction of sp³-hybridized carbons (Fsp3) is 0.250. The second-order valence-corrected chi connectivity index (χ2v) is 7.05. The number of hydrazine groups is 1. The third-order valence-corrected chi connectivity index (χ3v) is 4.13. The molecule has 0 saturated heterocycles. The van der Waals surface area contributed by atoms with Gasteiger partial charge in [-0.3, -0.25) is 20.4 Å². The van der Waals surface area contributed by atoms with Gasteiger partial charge in [-0.05, 0) is 56.3 Å². The molecule has 2 aromatic rings. The predicted octanol–water partition coefficient (Wildman–Crippen LogP) is 2.73. The summed E-state index contributed by atoms with van der Waals surface area (Å²) in [5.74, 6) is -2.30. The van der Waals surface area contributed by atoms with Gasteiger partial charge in [0, 0.05) is 11.3 Å². The molecule has 0 aliphatic rings. The zero-order chi connectivity index (χ0) is 23.4. The molecule has 4 N–H and O–H groups in total. The molecule has 0 fully saturated rings. The topological polar surface area (TPSA) is 114 Å². The van der Waals surface area contributed by atoms with Crippen LogP contribution in [0, 0.1) is 17.1 Å². The molecule has 0 bridgehead atoms. The fourth-order valence-corrected chi connectivity index (χ4v) is 2.56. The van der Waals surface area contributed by atoms with Gasteiger partial charge in [0.25, 0.3) is 11.8 Å². The molecule has 0 heterocycles. The highest BCUT2D eigenvalue weighted by Gasteiger charge is 2.36. The fourth-order valence-electron chi connectivity index (χ4n) is 2.56. The largest absolute Gasteiger partial charge is 0.417 e. The number of nitrogens with one attached hydrogen (secondary N) is 3. The smallest absolute Gasteiger partial charge is 0.388 e. The zero-order valence-electron chi connectivity index (χ0n) is 16.3. The van der Waals surface area contributed by atoms with Crippen LogP contribution in [0.25, 0.3) is 0 Å². The van der Waals surface area contributed by atoms with Gasteiger partial charge >= 0.3 is 6.18 Å². The minimum atomic E-state index is -4.81. The van der Waals surface area contributed by atoms with Crippen molar-refractivity contribution >= 4 is 17.5 Å². The first-order chi connectivity index (χ1) is 14.3. The van der Waals surface area contributed by atoms with E-state index in [0.717, 1.165) is 24.3 Å². The molecular weight excluding hydrogens is 420 g/mol. The van der Waals surface area contributed by atoms with E-state index in [1.807, 2.05) is 0 Å². The van der Waals surface area contributed by atoms with Crippen LogP contribution in [0.3, 0.4) is 0 Å². The van der Waals surface area contributed by atoms with Crippen molar-refractivity contribution in [2.75, 3.05) is 5.32 Å². The standard InChI is InChI=1S/C20H18F4N4O3/c1-19(2,31)16(18(30)28-27-17(29)11-3-6-13(21)7-4-11)26-14-8-5-12(10-25)15(9-14)20(22,23)24/h3-9,16,26,31H,1-2H3,(H,27,29)(H,28,30). The van der Waals surface area contributed by atoms with Crippen molar-refractivity contribution in [3.05, 3.63) is 65.0 Å². The Morgan fingerprint density at radius 1 is 1.06 bits per heavy atom. The van der Waals surface area contributed by atoms with Crippen LogP contribution in [-0.2, 0) is 11.0 Å². The predicted molar refractivity (Wildman–Crippen MR) is 102 cm³/mol. The van der Waals surface area contributed by atoms with Crippen LogP contribution in [0.2, 0.25) is 0 Å². The van der Waals surface area contributed by atoms with E-state index in [1.165, 1.54) is 32.0 Å². The Morgan fingerprint density at radius 2 is 1.68 bits per heavy atom. The van der Waals surface area contributed by atoms with Gasteiger partial charge in [0.15, 0.2) is 0 Å². The van der Waals surface area contributed by atoms with Gasteiger partial charge in [0.05, 0.1) is 22.8 Å². The maximum Gasteiger partial charge on any atom is 0.417 e. The minimum absolute atomic E-state index is 0.0383. The number of carbonyl (C=O) groups excluding carboxylic acids is 2. The van der Waals surface area contributed by atoms with Crippen molar-refractivity contribution in [3.8, 4) is 6.07 Å². The van der Waals surface area contributed by atoms with Crippen LogP contribution < -0.4 is 16.2 Å². The normalized spacial score (nSPS) is 12.5. The summed E-state index contributed by atoms with van der Waals surface area (Å²) in [6.07, 6.45) is -4.81. The number of rotatable bonds is 5. The van der Waals surface area contributed by atoms with Crippen molar-refractivity contribution in [1.29, 1.82) is 5.26 Å². The second kappa shape index (κ2) is 9.01. The quantitative estimate of drug-likeness (QED) is 0.424. The van der Waals surface area contributed by atoms with Crippen molar-refractivity contribution in [2.45, 2.75) is 31.7 Å². The molecule has 164 valence electrons. The zero-order valence-corrected chi connectivity index (χ0v) is 16.3. The molecule has 0 saturated carbocycles. The molecule has 11 heteroatoms. The van der Waals surface area contributed by atoms with Crippen molar-refractivity contribution in [1.82, 2.24) is 10.9 Å². The molecular formula is C20H18F4N4O3. The summed E-state index contributed by atoms with van der Waals surface area (Å²) >= 11 is 0. The summed E-state index contributed by atoms with van der Waals surface area (Å²) in [6.45, 7) is 2.47. The van der Waals surface area contributed by atoms with Gasteiger partial charge < -0.3 is 10.4 Å². The lowest BCUT2D eigenvalue weighted by Crippen LogP contribution is -2.56. The SMILES string of the molecule is CC(C)(O)C(Nc1ccc(C#N)c(C(F)(F)F)c1)C(=O)NNC(=O)c1ccc(F)cc1. The third-order valence-electron chi connectivity index (χ3n) is 4.13. The van der Waals surface area contributed by atoms with E-state index in [2.05, 4.69) is 16.2 Å². The van der Waals surface area contributed by atoms with Gasteiger partial charge in [-0.2, -0.15) is 18.4 Å². The number of amides is 2. The highest BCUT2D eigenvalue weighted by atomic mass is 19.4. The van der Waals surface area contributed by atoms with E-state index < -0.39 is 46.6 Å². The Bertz CT molecular complexity index is 1010. The van der Waals surface area contributed by atoms with Gasteiger partial charge in [-0.25, -0.2) is 4.39 Å². The van der Waals surface area contributed by atoms with Gasteiger partial charge in [-0.15, -0.1) is 0 Å². The van der Waals surface area contributed by atoms with Crippen molar-refractivity contribution in [3.63, 3.8) is 0 Å². The van der Waals surface area contributed by atoms with E-state index in [-0.39, 0.29) is 11.3 Å². The first-order valence-corrected chi connectivity index (χ1v) is 8.79. The van der Waals surface area contributed by atoms with Crippen molar-refractivity contribution < 1.29 is 32.3 Å². The maximum absolute atomic E-state index is 13.2. The number of hydrogen-bond donors (Lipinski definition) is 4. The summed E-state index contributed by atoms with van der Waals surface area (Å²) in [7, 11) is 0. The molecule has 7 nitrogen and oxygen atoms in total. The van der Waals surface area contributed by atoms with Gasteiger partial charge in [-0.1, -0.05) is 0 Å². The Morgan fingerprint density at radius 3 is 2.19 bits per heavy atom. The summed E-state index contributed by atoms with van der Waals surface area (Å²) in [5.41, 5.74) is 0.414. The van der Waals surface area contributed by atoms with Crippen molar-refractivity contribution in [2.24, 2.45) is 0 Å². The molecule has 2 aromatic carbocycles. The van der Waals surface area contributed by atoms with E-state index in [1.54, 1.807) is 0 Å².